The van der Waals surface area contributed by atoms with Crippen molar-refractivity contribution in [3.8, 4) is 0 Å². The molecule has 0 bridgehead atoms. The molecule has 0 saturated heterocycles. The molecule has 1 aromatic heterocycles. The van der Waals surface area contributed by atoms with Crippen molar-refractivity contribution in [2.24, 2.45) is 5.92 Å². The number of carbonyl (C=O) groups is 2. The van der Waals surface area contributed by atoms with E-state index in [1.54, 1.807) is 42.5 Å². The molecule has 2 aromatic carbocycles. The van der Waals surface area contributed by atoms with E-state index < -0.39 is 0 Å². The normalized spacial score (nSPS) is 11.0. The van der Waals surface area contributed by atoms with Crippen LogP contribution in [0.4, 0.5) is 5.69 Å². The third-order valence-corrected chi connectivity index (χ3v) is 4.90. The minimum Gasteiger partial charge on any atom is -0.356 e. The number of nitrogens with one attached hydrogen (secondary N) is 2. The van der Waals surface area contributed by atoms with Crippen molar-refractivity contribution in [1.29, 1.82) is 0 Å². The lowest BCUT2D eigenvalue weighted by Gasteiger charge is -2.13. The van der Waals surface area contributed by atoms with Crippen molar-refractivity contribution in [1.82, 2.24) is 14.9 Å². The zero-order valence-electron chi connectivity index (χ0n) is 17.5. The molecule has 31 heavy (non-hydrogen) atoms. The molecule has 0 fully saturated rings. The van der Waals surface area contributed by atoms with E-state index in [0.29, 0.717) is 34.2 Å². The third kappa shape index (κ3) is 6.15. The van der Waals surface area contributed by atoms with Crippen LogP contribution in [0.1, 0.15) is 26.0 Å². The van der Waals surface area contributed by atoms with Gasteiger partial charge in [0.2, 0.25) is 11.8 Å². The average molecular weight is 441 g/mol. The van der Waals surface area contributed by atoms with Crippen LogP contribution in [-0.4, -0.2) is 27.9 Å². The first kappa shape index (κ1) is 22.5. The Morgan fingerprint density at radius 2 is 1.77 bits per heavy atom. The molecule has 1 heterocycles. The highest BCUT2D eigenvalue weighted by atomic mass is 35.5. The van der Waals surface area contributed by atoms with Crippen molar-refractivity contribution in [2.45, 2.75) is 33.2 Å². The number of nitrogens with zero attached hydrogens (tertiary/aromatic N) is 2. The standard InChI is InChI=1S/C23H25ClN4O3/c1-15(2)13-25-21(29)12-11-19-23(31)28(20-6-4-3-5-18(20)27-19)14-22(30)26-17-9-7-16(24)8-10-17/h3-10,15H,11-14H2,1-2H3,(H,25,29)(H,26,30). The molecule has 162 valence electrons. The molecule has 3 aromatic rings. The van der Waals surface area contributed by atoms with Crippen molar-refractivity contribution in [2.75, 3.05) is 11.9 Å². The van der Waals surface area contributed by atoms with Crippen LogP contribution in [0.25, 0.3) is 11.0 Å². The van der Waals surface area contributed by atoms with Crippen molar-refractivity contribution >= 4 is 40.1 Å². The van der Waals surface area contributed by atoms with E-state index >= 15 is 0 Å². The molecule has 0 spiro atoms. The van der Waals surface area contributed by atoms with Crippen LogP contribution < -0.4 is 16.2 Å². The molecule has 2 amide bonds. The lowest BCUT2D eigenvalue weighted by Crippen LogP contribution is -2.32. The number of carbonyl (C=O) groups excluding carboxylic acids is 2. The second-order valence-electron chi connectivity index (χ2n) is 7.69. The van der Waals surface area contributed by atoms with Gasteiger partial charge in [-0.25, -0.2) is 4.98 Å². The molecule has 2 N–H and O–H groups in total. The molecule has 0 atom stereocenters. The van der Waals surface area contributed by atoms with Gasteiger partial charge in [-0.2, -0.15) is 0 Å². The Morgan fingerprint density at radius 3 is 2.48 bits per heavy atom. The summed E-state index contributed by atoms with van der Waals surface area (Å²) in [6.45, 7) is 4.44. The molecule has 8 heteroatoms. The van der Waals surface area contributed by atoms with Gasteiger partial charge in [-0.1, -0.05) is 37.6 Å². The maximum Gasteiger partial charge on any atom is 0.273 e. The van der Waals surface area contributed by atoms with E-state index in [4.69, 9.17) is 11.6 Å². The first-order valence-electron chi connectivity index (χ1n) is 10.1. The Balaban J connectivity index is 1.81. The second kappa shape index (κ2) is 10.2. The number of aryl methyl sites for hydroxylation is 1. The van der Waals surface area contributed by atoms with Crippen LogP contribution in [0.2, 0.25) is 5.02 Å². The van der Waals surface area contributed by atoms with Gasteiger partial charge in [-0.05, 0) is 42.3 Å². The summed E-state index contributed by atoms with van der Waals surface area (Å²) in [7, 11) is 0. The molecule has 0 aliphatic rings. The van der Waals surface area contributed by atoms with Gasteiger partial charge >= 0.3 is 0 Å². The number of aromatic nitrogens is 2. The Bertz CT molecular complexity index is 1140. The maximum absolute atomic E-state index is 13.1. The van der Waals surface area contributed by atoms with Gasteiger partial charge < -0.3 is 10.6 Å². The van der Waals surface area contributed by atoms with Gasteiger partial charge in [0.05, 0.1) is 11.0 Å². The van der Waals surface area contributed by atoms with Crippen LogP contribution in [0.5, 0.6) is 0 Å². The van der Waals surface area contributed by atoms with Crippen LogP contribution in [0, 0.1) is 5.92 Å². The Hall–Kier alpha value is -3.19. The molecular weight excluding hydrogens is 416 g/mol. The van der Waals surface area contributed by atoms with E-state index in [-0.39, 0.29) is 42.5 Å². The first-order chi connectivity index (χ1) is 14.8. The molecular formula is C23H25ClN4O3. The predicted octanol–water partition coefficient (Wildman–Crippen LogP) is 3.39. The van der Waals surface area contributed by atoms with E-state index in [2.05, 4.69) is 15.6 Å². The van der Waals surface area contributed by atoms with Gasteiger partial charge in [0.1, 0.15) is 12.2 Å². The zero-order valence-corrected chi connectivity index (χ0v) is 18.3. The number of hydrogen-bond donors (Lipinski definition) is 2. The summed E-state index contributed by atoms with van der Waals surface area (Å²) in [6, 6.07) is 13.9. The van der Waals surface area contributed by atoms with Crippen molar-refractivity contribution in [3.05, 3.63) is 69.6 Å². The molecule has 3 rings (SSSR count). The summed E-state index contributed by atoms with van der Waals surface area (Å²) in [5.41, 5.74) is 1.63. The fourth-order valence-electron chi connectivity index (χ4n) is 3.08. The fourth-order valence-corrected chi connectivity index (χ4v) is 3.21. The average Bonchev–Trinajstić information content (AvgIpc) is 2.74. The summed E-state index contributed by atoms with van der Waals surface area (Å²) in [6.07, 6.45) is 0.358. The molecule has 0 saturated carbocycles. The van der Waals surface area contributed by atoms with E-state index in [1.165, 1.54) is 4.57 Å². The third-order valence-electron chi connectivity index (χ3n) is 4.65. The summed E-state index contributed by atoms with van der Waals surface area (Å²) < 4.78 is 1.40. The number of fused-ring (bicyclic) bond motifs is 1. The van der Waals surface area contributed by atoms with Crippen molar-refractivity contribution in [3.63, 3.8) is 0 Å². The fraction of sp³-hybridized carbons (Fsp3) is 0.304. The van der Waals surface area contributed by atoms with Gasteiger partial charge in [0.15, 0.2) is 0 Å². The SMILES string of the molecule is CC(C)CNC(=O)CCc1nc2ccccc2n(CC(=O)Nc2ccc(Cl)cc2)c1=O. The van der Waals surface area contributed by atoms with Gasteiger partial charge in [0, 0.05) is 30.1 Å². The summed E-state index contributed by atoms with van der Waals surface area (Å²) in [5.74, 6) is -0.129. The zero-order chi connectivity index (χ0) is 22.4. The molecule has 0 aliphatic heterocycles. The highest BCUT2D eigenvalue weighted by molar-refractivity contribution is 6.30. The largest absolute Gasteiger partial charge is 0.356 e. The summed E-state index contributed by atoms with van der Waals surface area (Å²) in [4.78, 5) is 42.2. The Morgan fingerprint density at radius 1 is 1.06 bits per heavy atom. The van der Waals surface area contributed by atoms with Gasteiger partial charge in [-0.15, -0.1) is 0 Å². The van der Waals surface area contributed by atoms with Crippen molar-refractivity contribution < 1.29 is 9.59 Å². The minimum absolute atomic E-state index is 0.130. The number of benzene rings is 2. The molecule has 0 aliphatic carbocycles. The summed E-state index contributed by atoms with van der Waals surface area (Å²) >= 11 is 5.87. The van der Waals surface area contributed by atoms with E-state index in [1.807, 2.05) is 19.9 Å². The topological polar surface area (TPSA) is 93.1 Å². The lowest BCUT2D eigenvalue weighted by molar-refractivity contribution is -0.121. The molecule has 0 unspecified atom stereocenters. The number of halogens is 1. The second-order valence-corrected chi connectivity index (χ2v) is 8.13. The number of hydrogen-bond acceptors (Lipinski definition) is 4. The predicted molar refractivity (Wildman–Crippen MR) is 122 cm³/mol. The Kier molecular flexibility index (Phi) is 7.41. The van der Waals surface area contributed by atoms with Gasteiger partial charge in [-0.3, -0.25) is 19.0 Å². The highest BCUT2D eigenvalue weighted by Crippen LogP contribution is 2.14. The van der Waals surface area contributed by atoms with E-state index in [9.17, 15) is 14.4 Å². The molecule has 7 nitrogen and oxygen atoms in total. The monoisotopic (exact) mass is 440 g/mol. The minimum atomic E-state index is -0.374. The molecule has 0 radical (unpaired) electrons. The van der Waals surface area contributed by atoms with Crippen LogP contribution in [0.15, 0.2) is 53.3 Å². The van der Waals surface area contributed by atoms with Crippen LogP contribution in [-0.2, 0) is 22.6 Å². The Labute approximate surface area is 185 Å². The van der Waals surface area contributed by atoms with Gasteiger partial charge in [0.25, 0.3) is 5.56 Å². The summed E-state index contributed by atoms with van der Waals surface area (Å²) in [5, 5.41) is 6.17. The van der Waals surface area contributed by atoms with E-state index in [0.717, 1.165) is 0 Å². The number of para-hydroxylation sites is 2. The number of rotatable bonds is 8. The van der Waals surface area contributed by atoms with Crippen LogP contribution in [0.3, 0.4) is 0 Å². The maximum atomic E-state index is 13.1. The lowest BCUT2D eigenvalue weighted by atomic mass is 10.2. The smallest absolute Gasteiger partial charge is 0.273 e. The first-order valence-corrected chi connectivity index (χ1v) is 10.5. The van der Waals surface area contributed by atoms with Crippen LogP contribution >= 0.6 is 11.6 Å². The highest BCUT2D eigenvalue weighted by Gasteiger charge is 2.15. The number of amides is 2. The quantitative estimate of drug-likeness (QED) is 0.561. The number of anilines is 1.